The van der Waals surface area contributed by atoms with Crippen LogP contribution in [0.25, 0.3) is 0 Å². The molecule has 1 atom stereocenters. The highest BCUT2D eigenvalue weighted by molar-refractivity contribution is 5.79. The average molecular weight is 226 g/mol. The Hall–Kier alpha value is -0.330. The number of carbonyl (C=O) groups excluding carboxylic acids is 1. The number of rotatable bonds is 3. The van der Waals surface area contributed by atoms with Crippen molar-refractivity contribution in [2.45, 2.75) is 68.7 Å². The molecule has 0 heterocycles. The van der Waals surface area contributed by atoms with Crippen LogP contribution in [0.1, 0.15) is 68.7 Å². The fourth-order valence-electron chi connectivity index (χ4n) is 2.04. The molecule has 0 aromatic rings. The van der Waals surface area contributed by atoms with Crippen LogP contribution in [0.2, 0.25) is 0 Å². The lowest BCUT2D eigenvalue weighted by Crippen LogP contribution is -2.42. The van der Waals surface area contributed by atoms with E-state index in [0.717, 1.165) is 6.42 Å². The zero-order chi connectivity index (χ0) is 13.4. The minimum absolute atomic E-state index is 0.0338. The van der Waals surface area contributed by atoms with Crippen molar-refractivity contribution in [2.75, 3.05) is 0 Å². The van der Waals surface area contributed by atoms with Gasteiger partial charge in [-0.3, -0.25) is 4.79 Å². The summed E-state index contributed by atoms with van der Waals surface area (Å²) in [5, 5.41) is 0. The summed E-state index contributed by atoms with van der Waals surface area (Å²) in [6, 6.07) is 0. The van der Waals surface area contributed by atoms with Gasteiger partial charge in [-0.1, -0.05) is 55.4 Å². The Kier molecular flexibility index (Phi) is 4.41. The third kappa shape index (κ3) is 3.92. The van der Waals surface area contributed by atoms with Crippen LogP contribution in [0.3, 0.4) is 0 Å². The molecule has 0 amide bonds. The molecule has 0 saturated heterocycles. The van der Waals surface area contributed by atoms with Crippen LogP contribution in [-0.4, -0.2) is 5.78 Å². The molecule has 0 bridgehead atoms. The summed E-state index contributed by atoms with van der Waals surface area (Å²) in [5.74, 6) is 0.474. The minimum Gasteiger partial charge on any atom is -0.300 e. The van der Waals surface area contributed by atoms with Gasteiger partial charge >= 0.3 is 0 Å². The lowest BCUT2D eigenvalue weighted by molar-refractivity contribution is -0.129. The van der Waals surface area contributed by atoms with Crippen molar-refractivity contribution in [3.63, 3.8) is 0 Å². The van der Waals surface area contributed by atoms with Crippen LogP contribution < -0.4 is 0 Å². The predicted octanol–water partition coefficient (Wildman–Crippen LogP) is 4.70. The molecule has 0 aromatic carbocycles. The molecule has 0 fully saturated rings. The highest BCUT2D eigenvalue weighted by Crippen LogP contribution is 2.48. The fraction of sp³-hybridized carbons (Fsp3) is 0.933. The van der Waals surface area contributed by atoms with E-state index in [4.69, 9.17) is 0 Å². The third-order valence-corrected chi connectivity index (χ3v) is 4.11. The van der Waals surface area contributed by atoms with E-state index in [0.29, 0.717) is 5.78 Å². The van der Waals surface area contributed by atoms with Crippen LogP contribution >= 0.6 is 0 Å². The highest BCUT2D eigenvalue weighted by atomic mass is 16.1. The first-order valence-electron chi connectivity index (χ1n) is 6.29. The molecule has 0 radical (unpaired) electrons. The van der Waals surface area contributed by atoms with E-state index >= 15 is 0 Å². The summed E-state index contributed by atoms with van der Waals surface area (Å²) in [7, 11) is 0. The molecule has 0 rings (SSSR count). The van der Waals surface area contributed by atoms with Crippen molar-refractivity contribution in [1.29, 1.82) is 0 Å². The van der Waals surface area contributed by atoms with E-state index in [2.05, 4.69) is 55.4 Å². The van der Waals surface area contributed by atoms with E-state index in [1.54, 1.807) is 6.92 Å². The van der Waals surface area contributed by atoms with Gasteiger partial charge in [-0.05, 0) is 29.6 Å². The Labute approximate surface area is 102 Å². The van der Waals surface area contributed by atoms with Crippen molar-refractivity contribution in [2.24, 2.45) is 22.2 Å². The molecule has 1 heteroatoms. The molecule has 96 valence electrons. The van der Waals surface area contributed by atoms with Crippen molar-refractivity contribution in [3.05, 3.63) is 0 Å². The van der Waals surface area contributed by atoms with Crippen LogP contribution in [0.15, 0.2) is 0 Å². The number of hydrogen-bond acceptors (Lipinski definition) is 1. The molecule has 0 aliphatic carbocycles. The maximum atomic E-state index is 11.9. The van der Waals surface area contributed by atoms with Gasteiger partial charge in [0.2, 0.25) is 0 Å². The second-order valence-electron chi connectivity index (χ2n) is 7.90. The number of ketones is 1. The normalized spacial score (nSPS) is 16.1. The molecule has 16 heavy (non-hydrogen) atoms. The zero-order valence-electron chi connectivity index (χ0n) is 12.7. The van der Waals surface area contributed by atoms with Gasteiger partial charge in [0.15, 0.2) is 0 Å². The lowest BCUT2D eigenvalue weighted by atomic mass is 9.58. The van der Waals surface area contributed by atoms with Gasteiger partial charge in [0.1, 0.15) is 5.78 Å². The van der Waals surface area contributed by atoms with E-state index in [1.807, 2.05) is 0 Å². The Morgan fingerprint density at radius 3 is 1.50 bits per heavy atom. The second-order valence-corrected chi connectivity index (χ2v) is 7.90. The maximum Gasteiger partial charge on any atom is 0.133 e. The molecule has 1 unspecified atom stereocenters. The molecule has 0 saturated carbocycles. The first kappa shape index (κ1) is 15.7. The van der Waals surface area contributed by atoms with Crippen LogP contribution in [-0.2, 0) is 4.79 Å². The van der Waals surface area contributed by atoms with Crippen molar-refractivity contribution in [3.8, 4) is 0 Å². The Balaban J connectivity index is 5.16. The summed E-state index contributed by atoms with van der Waals surface area (Å²) in [6.07, 6.45) is 0.965. The molecule has 0 N–H and O–H groups in total. The summed E-state index contributed by atoms with van der Waals surface area (Å²) in [4.78, 5) is 11.9. The smallest absolute Gasteiger partial charge is 0.133 e. The van der Waals surface area contributed by atoms with Gasteiger partial charge in [0.25, 0.3) is 0 Å². The van der Waals surface area contributed by atoms with Gasteiger partial charge in [0, 0.05) is 5.92 Å². The molecule has 0 aromatic heterocycles. The molecular formula is C15H30O. The standard InChI is InChI=1S/C15H30O/c1-11(16)12(10-13(2,3)4)15(8,9)14(5,6)7/h12H,10H2,1-9H3. The molecule has 0 spiro atoms. The van der Waals surface area contributed by atoms with E-state index < -0.39 is 0 Å². The Bertz CT molecular complexity index is 248. The van der Waals surface area contributed by atoms with Gasteiger partial charge in [-0.2, -0.15) is 0 Å². The SMILES string of the molecule is CC(=O)C(CC(C)(C)C)C(C)(C)C(C)(C)C. The van der Waals surface area contributed by atoms with Gasteiger partial charge in [-0.25, -0.2) is 0 Å². The van der Waals surface area contributed by atoms with Gasteiger partial charge in [-0.15, -0.1) is 0 Å². The zero-order valence-corrected chi connectivity index (χ0v) is 12.7. The number of carbonyl (C=O) groups is 1. The lowest BCUT2D eigenvalue weighted by Gasteiger charge is -2.46. The molecule has 1 nitrogen and oxygen atoms in total. The molecule has 0 aliphatic rings. The predicted molar refractivity (Wildman–Crippen MR) is 71.5 cm³/mol. The van der Waals surface area contributed by atoms with Crippen LogP contribution in [0.5, 0.6) is 0 Å². The monoisotopic (exact) mass is 226 g/mol. The van der Waals surface area contributed by atoms with Gasteiger partial charge in [0.05, 0.1) is 0 Å². The maximum absolute atomic E-state index is 11.9. The van der Waals surface area contributed by atoms with E-state index in [1.165, 1.54) is 0 Å². The largest absolute Gasteiger partial charge is 0.300 e. The average Bonchev–Trinajstić information content (AvgIpc) is 1.95. The Morgan fingerprint density at radius 1 is 0.938 bits per heavy atom. The quantitative estimate of drug-likeness (QED) is 0.681. The van der Waals surface area contributed by atoms with Crippen LogP contribution in [0, 0.1) is 22.2 Å². The molecule has 0 aliphatic heterocycles. The van der Waals surface area contributed by atoms with Crippen molar-refractivity contribution >= 4 is 5.78 Å². The minimum atomic E-state index is 0.0338. The fourth-order valence-corrected chi connectivity index (χ4v) is 2.04. The summed E-state index contributed by atoms with van der Waals surface area (Å²) in [6.45, 7) is 19.5. The summed E-state index contributed by atoms with van der Waals surface area (Å²) in [5.41, 5.74) is 0.388. The first-order valence-corrected chi connectivity index (χ1v) is 6.29. The topological polar surface area (TPSA) is 17.1 Å². The third-order valence-electron chi connectivity index (χ3n) is 4.11. The highest BCUT2D eigenvalue weighted by Gasteiger charge is 2.43. The number of hydrogen-bond donors (Lipinski definition) is 0. The number of Topliss-reactive ketones (excluding diaryl/α,β-unsaturated/α-hetero) is 1. The summed E-state index contributed by atoms with van der Waals surface area (Å²) < 4.78 is 0. The molecular weight excluding hydrogens is 196 g/mol. The van der Waals surface area contributed by atoms with Gasteiger partial charge < -0.3 is 0 Å². The van der Waals surface area contributed by atoms with Crippen LogP contribution in [0.4, 0.5) is 0 Å². The second kappa shape index (κ2) is 4.50. The van der Waals surface area contributed by atoms with Crippen molar-refractivity contribution in [1.82, 2.24) is 0 Å². The summed E-state index contributed by atoms with van der Waals surface area (Å²) >= 11 is 0. The van der Waals surface area contributed by atoms with Crippen molar-refractivity contribution < 1.29 is 4.79 Å². The Morgan fingerprint density at radius 2 is 1.31 bits per heavy atom. The van der Waals surface area contributed by atoms with E-state index in [9.17, 15) is 4.79 Å². The van der Waals surface area contributed by atoms with E-state index in [-0.39, 0.29) is 22.2 Å². The first-order chi connectivity index (χ1) is 6.79.